The van der Waals surface area contributed by atoms with Gasteiger partial charge in [0.25, 0.3) is 0 Å². The SMILES string of the molecule is CC(C(=O)NCc1ccc(C(F)(F)F)cc1N1CCN(C2CCCCC2)CC1)c1ccc(N(C)[SH](=O)=O)c(F)c1. The van der Waals surface area contributed by atoms with E-state index in [2.05, 4.69) is 10.2 Å². The van der Waals surface area contributed by atoms with Crippen molar-refractivity contribution in [3.8, 4) is 0 Å². The zero-order valence-electron chi connectivity index (χ0n) is 22.7. The molecule has 1 N–H and O–H groups in total. The van der Waals surface area contributed by atoms with Crippen LogP contribution in [0, 0.1) is 5.82 Å². The van der Waals surface area contributed by atoms with Gasteiger partial charge in [0.2, 0.25) is 16.8 Å². The lowest BCUT2D eigenvalue weighted by Gasteiger charge is -2.42. The molecule has 1 saturated carbocycles. The fraction of sp³-hybridized carbons (Fsp3) is 0.536. The van der Waals surface area contributed by atoms with E-state index in [1.165, 1.54) is 57.4 Å². The summed E-state index contributed by atoms with van der Waals surface area (Å²) in [5, 5.41) is 2.78. The number of nitrogens with zero attached hydrogens (tertiary/aromatic N) is 3. The normalized spacial score (nSPS) is 18.1. The summed E-state index contributed by atoms with van der Waals surface area (Å²) in [6.45, 7) is 4.36. The molecule has 0 bridgehead atoms. The van der Waals surface area contributed by atoms with Crippen molar-refractivity contribution in [1.82, 2.24) is 10.2 Å². The minimum atomic E-state index is -4.49. The highest BCUT2D eigenvalue weighted by Crippen LogP contribution is 2.35. The number of carbonyl (C=O) groups excluding carboxylic acids is 1. The molecule has 1 aliphatic heterocycles. The van der Waals surface area contributed by atoms with Gasteiger partial charge in [0.15, 0.2) is 0 Å². The number of rotatable bonds is 8. The van der Waals surface area contributed by atoms with Crippen molar-refractivity contribution in [2.24, 2.45) is 0 Å². The van der Waals surface area contributed by atoms with Crippen molar-refractivity contribution in [2.45, 2.75) is 63.7 Å². The fourth-order valence-corrected chi connectivity index (χ4v) is 5.93. The summed E-state index contributed by atoms with van der Waals surface area (Å²) >= 11 is 0. The molecule has 1 atom stereocenters. The molecule has 2 fully saturated rings. The number of anilines is 2. The predicted molar refractivity (Wildman–Crippen MR) is 147 cm³/mol. The highest BCUT2D eigenvalue weighted by molar-refractivity contribution is 7.74. The van der Waals surface area contributed by atoms with E-state index >= 15 is 0 Å². The standard InChI is InChI=1S/C28H36F4N4O3S/c1-19(20-9-11-25(24(29)16-20)34(2)40(38)39)27(37)33-18-21-8-10-22(28(30,31)32)17-26(21)36-14-12-35(13-15-36)23-6-4-3-5-7-23/h8-11,16-17,19,23,40H,3-7,12-15,18H2,1-2H3,(H,33,37). The summed E-state index contributed by atoms with van der Waals surface area (Å²) in [4.78, 5) is 17.4. The molecule has 2 aromatic rings. The molecule has 1 heterocycles. The van der Waals surface area contributed by atoms with Crippen molar-refractivity contribution >= 4 is 28.2 Å². The molecule has 0 aromatic heterocycles. The van der Waals surface area contributed by atoms with Gasteiger partial charge in [-0.3, -0.25) is 14.0 Å². The van der Waals surface area contributed by atoms with Gasteiger partial charge in [-0.2, -0.15) is 13.2 Å². The van der Waals surface area contributed by atoms with Crippen LogP contribution in [0.5, 0.6) is 0 Å². The molecule has 1 aliphatic carbocycles. The Morgan fingerprint density at radius 3 is 2.33 bits per heavy atom. The first kappa shape index (κ1) is 30.1. The fourth-order valence-electron chi connectivity index (χ4n) is 5.59. The molecule has 0 radical (unpaired) electrons. The van der Waals surface area contributed by atoms with Crippen LogP contribution in [0.25, 0.3) is 0 Å². The molecular weight excluding hydrogens is 548 g/mol. The average Bonchev–Trinajstić information content (AvgIpc) is 2.95. The second kappa shape index (κ2) is 12.8. The summed E-state index contributed by atoms with van der Waals surface area (Å²) in [5.74, 6) is -1.98. The van der Waals surface area contributed by atoms with Gasteiger partial charge in [-0.15, -0.1) is 0 Å². The Hall–Kier alpha value is -2.86. The van der Waals surface area contributed by atoms with Crippen molar-refractivity contribution in [2.75, 3.05) is 42.4 Å². The Balaban J connectivity index is 1.46. The summed E-state index contributed by atoms with van der Waals surface area (Å²) < 4.78 is 78.4. The van der Waals surface area contributed by atoms with Gasteiger partial charge >= 0.3 is 6.18 Å². The highest BCUT2D eigenvalue weighted by atomic mass is 32.2. The first-order chi connectivity index (χ1) is 19.0. The summed E-state index contributed by atoms with van der Waals surface area (Å²) in [5.41, 5.74) is 0.504. The number of thiol groups is 1. The molecule has 2 aromatic carbocycles. The number of piperazine rings is 1. The summed E-state index contributed by atoms with van der Waals surface area (Å²) in [6.07, 6.45) is 1.54. The number of carbonyl (C=O) groups is 1. The van der Waals surface area contributed by atoms with Gasteiger partial charge in [0.05, 0.1) is 17.2 Å². The Morgan fingerprint density at radius 1 is 1.05 bits per heavy atom. The van der Waals surface area contributed by atoms with Gasteiger partial charge in [0.1, 0.15) is 5.82 Å². The third-order valence-corrected chi connectivity index (χ3v) is 8.78. The van der Waals surface area contributed by atoms with Gasteiger partial charge in [0, 0.05) is 51.5 Å². The lowest BCUT2D eigenvalue weighted by Crippen LogP contribution is -2.51. The van der Waals surface area contributed by atoms with Crippen LogP contribution in [0.1, 0.15) is 61.6 Å². The second-order valence-electron chi connectivity index (χ2n) is 10.6. The zero-order valence-corrected chi connectivity index (χ0v) is 23.6. The predicted octanol–water partition coefficient (Wildman–Crippen LogP) is 4.68. The van der Waals surface area contributed by atoms with E-state index in [9.17, 15) is 30.8 Å². The number of hydrogen-bond acceptors (Lipinski definition) is 5. The van der Waals surface area contributed by atoms with E-state index in [0.29, 0.717) is 35.9 Å². The quantitative estimate of drug-likeness (QED) is 0.348. The molecule has 1 saturated heterocycles. The lowest BCUT2D eigenvalue weighted by molar-refractivity contribution is -0.137. The van der Waals surface area contributed by atoms with E-state index in [1.54, 1.807) is 6.92 Å². The maximum absolute atomic E-state index is 14.5. The molecule has 2 aliphatic rings. The average molecular weight is 585 g/mol. The van der Waals surface area contributed by atoms with E-state index < -0.39 is 40.3 Å². The first-order valence-electron chi connectivity index (χ1n) is 13.6. The van der Waals surface area contributed by atoms with Crippen LogP contribution in [-0.4, -0.2) is 58.5 Å². The van der Waals surface area contributed by atoms with Gasteiger partial charge < -0.3 is 10.2 Å². The number of amides is 1. The molecule has 40 heavy (non-hydrogen) atoms. The molecule has 220 valence electrons. The monoisotopic (exact) mass is 584 g/mol. The lowest BCUT2D eigenvalue weighted by atomic mass is 9.93. The molecule has 1 unspecified atom stereocenters. The van der Waals surface area contributed by atoms with Gasteiger partial charge in [-0.25, -0.2) is 12.8 Å². The van der Waals surface area contributed by atoms with Crippen molar-refractivity contribution in [3.63, 3.8) is 0 Å². The van der Waals surface area contributed by atoms with Crippen LogP contribution in [-0.2, 0) is 28.4 Å². The summed E-state index contributed by atoms with van der Waals surface area (Å²) in [6, 6.07) is 8.02. The number of nitrogens with one attached hydrogen (secondary N) is 1. The highest BCUT2D eigenvalue weighted by Gasteiger charge is 2.33. The van der Waals surface area contributed by atoms with E-state index in [0.717, 1.165) is 35.6 Å². The van der Waals surface area contributed by atoms with E-state index in [1.807, 2.05) is 4.90 Å². The molecule has 0 spiro atoms. The Kier molecular flexibility index (Phi) is 9.60. The van der Waals surface area contributed by atoms with Crippen molar-refractivity contribution in [1.29, 1.82) is 0 Å². The number of halogens is 4. The molecular formula is C28H36F4N4O3S. The molecule has 7 nitrogen and oxygen atoms in total. The van der Waals surface area contributed by atoms with Crippen LogP contribution in [0.4, 0.5) is 28.9 Å². The van der Waals surface area contributed by atoms with Gasteiger partial charge in [-0.1, -0.05) is 31.4 Å². The van der Waals surface area contributed by atoms with E-state index in [-0.39, 0.29) is 12.2 Å². The van der Waals surface area contributed by atoms with E-state index in [4.69, 9.17) is 0 Å². The largest absolute Gasteiger partial charge is 0.416 e. The molecule has 12 heteroatoms. The zero-order chi connectivity index (χ0) is 29.0. The Bertz CT molecular complexity index is 1260. The number of hydrogen-bond donors (Lipinski definition) is 2. The smallest absolute Gasteiger partial charge is 0.369 e. The second-order valence-corrected chi connectivity index (χ2v) is 11.6. The Morgan fingerprint density at radius 2 is 1.73 bits per heavy atom. The summed E-state index contributed by atoms with van der Waals surface area (Å²) in [7, 11) is -1.79. The van der Waals surface area contributed by atoms with Crippen LogP contribution in [0.3, 0.4) is 0 Å². The maximum Gasteiger partial charge on any atom is 0.416 e. The van der Waals surface area contributed by atoms with Crippen molar-refractivity contribution in [3.05, 3.63) is 58.9 Å². The first-order valence-corrected chi connectivity index (χ1v) is 14.7. The van der Waals surface area contributed by atoms with Crippen LogP contribution < -0.4 is 14.5 Å². The Labute approximate surface area is 234 Å². The van der Waals surface area contributed by atoms with Crippen LogP contribution in [0.2, 0.25) is 0 Å². The third-order valence-electron chi connectivity index (χ3n) is 8.07. The minimum Gasteiger partial charge on any atom is -0.369 e. The maximum atomic E-state index is 14.5. The third kappa shape index (κ3) is 7.06. The van der Waals surface area contributed by atoms with Crippen molar-refractivity contribution < 1.29 is 30.8 Å². The van der Waals surface area contributed by atoms with Crippen LogP contribution in [0.15, 0.2) is 36.4 Å². The number of benzene rings is 2. The molecule has 1 amide bonds. The minimum absolute atomic E-state index is 0.0133. The molecule has 4 rings (SSSR count). The van der Waals surface area contributed by atoms with Crippen LogP contribution >= 0.6 is 0 Å². The van der Waals surface area contributed by atoms with Gasteiger partial charge in [-0.05, 0) is 55.2 Å². The topological polar surface area (TPSA) is 73.0 Å². The number of alkyl halides is 3.